The average molecular weight is 318 g/mol. The lowest BCUT2D eigenvalue weighted by molar-refractivity contribution is 0.0927. The molecule has 22 heavy (non-hydrogen) atoms. The van der Waals surface area contributed by atoms with Gasteiger partial charge in [0.15, 0.2) is 0 Å². The maximum atomic E-state index is 11.9. The van der Waals surface area contributed by atoms with Crippen LogP contribution in [-0.4, -0.2) is 26.2 Å². The molecule has 0 fully saturated rings. The second-order valence-corrected chi connectivity index (χ2v) is 5.07. The molecule has 0 bridgehead atoms. The summed E-state index contributed by atoms with van der Waals surface area (Å²) in [5, 5.41) is 13.6. The predicted molar refractivity (Wildman–Crippen MR) is 79.2 cm³/mol. The number of rotatable bonds is 4. The SMILES string of the molecule is C[C@@H](NC(=O)c1ccn[nH]1)c1nc(-c2ccc(Cl)cc2)no1. The lowest BCUT2D eigenvalue weighted by Crippen LogP contribution is -2.27. The number of nitrogens with one attached hydrogen (secondary N) is 2. The van der Waals surface area contributed by atoms with Crippen LogP contribution in [0.25, 0.3) is 11.4 Å². The molecule has 0 aliphatic rings. The minimum Gasteiger partial charge on any atom is -0.339 e. The first-order chi connectivity index (χ1) is 10.6. The van der Waals surface area contributed by atoms with Crippen LogP contribution in [-0.2, 0) is 0 Å². The second kappa shape index (κ2) is 5.98. The van der Waals surface area contributed by atoms with Crippen molar-refractivity contribution in [3.8, 4) is 11.4 Å². The zero-order valence-corrected chi connectivity index (χ0v) is 12.3. The highest BCUT2D eigenvalue weighted by Crippen LogP contribution is 2.20. The summed E-state index contributed by atoms with van der Waals surface area (Å²) in [5.74, 6) is 0.461. The van der Waals surface area contributed by atoms with E-state index in [0.29, 0.717) is 22.4 Å². The minimum absolute atomic E-state index is 0.295. The van der Waals surface area contributed by atoms with Crippen molar-refractivity contribution in [3.63, 3.8) is 0 Å². The molecule has 2 N–H and O–H groups in total. The minimum atomic E-state index is -0.427. The molecule has 1 atom stereocenters. The van der Waals surface area contributed by atoms with Crippen molar-refractivity contribution in [2.45, 2.75) is 13.0 Å². The van der Waals surface area contributed by atoms with Gasteiger partial charge in [0.05, 0.1) is 0 Å². The van der Waals surface area contributed by atoms with Crippen LogP contribution in [0.4, 0.5) is 0 Å². The Bertz CT molecular complexity index is 767. The Hall–Kier alpha value is -2.67. The first-order valence-electron chi connectivity index (χ1n) is 6.53. The van der Waals surface area contributed by atoms with Gasteiger partial charge in [-0.15, -0.1) is 0 Å². The second-order valence-electron chi connectivity index (χ2n) is 4.63. The van der Waals surface area contributed by atoms with Gasteiger partial charge in [-0.2, -0.15) is 10.1 Å². The van der Waals surface area contributed by atoms with Gasteiger partial charge in [-0.3, -0.25) is 9.89 Å². The van der Waals surface area contributed by atoms with Crippen molar-refractivity contribution in [2.75, 3.05) is 0 Å². The Kier molecular flexibility index (Phi) is 3.88. The number of H-pyrrole nitrogens is 1. The van der Waals surface area contributed by atoms with E-state index in [-0.39, 0.29) is 5.91 Å². The van der Waals surface area contributed by atoms with Crippen LogP contribution in [0.15, 0.2) is 41.1 Å². The van der Waals surface area contributed by atoms with Crippen LogP contribution in [0.3, 0.4) is 0 Å². The molecule has 3 aromatic rings. The van der Waals surface area contributed by atoms with E-state index in [1.54, 1.807) is 37.3 Å². The van der Waals surface area contributed by atoms with E-state index >= 15 is 0 Å². The summed E-state index contributed by atoms with van der Waals surface area (Å²) in [6.07, 6.45) is 1.50. The van der Waals surface area contributed by atoms with Crippen molar-refractivity contribution in [1.82, 2.24) is 25.7 Å². The smallest absolute Gasteiger partial charge is 0.269 e. The van der Waals surface area contributed by atoms with E-state index in [2.05, 4.69) is 25.7 Å². The van der Waals surface area contributed by atoms with Crippen molar-refractivity contribution >= 4 is 17.5 Å². The zero-order chi connectivity index (χ0) is 15.5. The Labute approximate surface area is 130 Å². The van der Waals surface area contributed by atoms with Gasteiger partial charge in [-0.05, 0) is 37.3 Å². The molecular formula is C14H12ClN5O2. The molecule has 0 unspecified atom stereocenters. The molecule has 0 aliphatic heterocycles. The van der Waals surface area contributed by atoms with Crippen molar-refractivity contribution < 1.29 is 9.32 Å². The average Bonchev–Trinajstić information content (AvgIpc) is 3.20. The molecule has 112 valence electrons. The molecule has 2 heterocycles. The summed E-state index contributed by atoms with van der Waals surface area (Å²) in [4.78, 5) is 16.2. The third kappa shape index (κ3) is 2.99. The summed E-state index contributed by atoms with van der Waals surface area (Å²) in [6.45, 7) is 1.76. The largest absolute Gasteiger partial charge is 0.339 e. The fraction of sp³-hybridized carbons (Fsp3) is 0.143. The van der Waals surface area contributed by atoms with Crippen molar-refractivity contribution in [3.05, 3.63) is 53.1 Å². The molecule has 1 amide bonds. The number of nitrogens with zero attached hydrogens (tertiary/aromatic N) is 3. The summed E-state index contributed by atoms with van der Waals surface area (Å²) < 4.78 is 5.19. The Balaban J connectivity index is 1.73. The maximum Gasteiger partial charge on any atom is 0.269 e. The van der Waals surface area contributed by atoms with Crippen LogP contribution in [0.5, 0.6) is 0 Å². The molecule has 3 rings (SSSR count). The first-order valence-corrected chi connectivity index (χ1v) is 6.91. The number of aromatic nitrogens is 4. The third-order valence-corrected chi connectivity index (χ3v) is 3.26. The highest BCUT2D eigenvalue weighted by molar-refractivity contribution is 6.30. The van der Waals surface area contributed by atoms with Gasteiger partial charge < -0.3 is 9.84 Å². The maximum absolute atomic E-state index is 11.9. The molecule has 0 saturated heterocycles. The number of aromatic amines is 1. The van der Waals surface area contributed by atoms with Crippen LogP contribution < -0.4 is 5.32 Å². The molecule has 1 aromatic carbocycles. The number of halogens is 1. The van der Waals surface area contributed by atoms with Crippen LogP contribution in [0.1, 0.15) is 29.3 Å². The van der Waals surface area contributed by atoms with Gasteiger partial charge in [0.1, 0.15) is 11.7 Å². The van der Waals surface area contributed by atoms with E-state index in [0.717, 1.165) is 5.56 Å². The highest BCUT2D eigenvalue weighted by atomic mass is 35.5. The van der Waals surface area contributed by atoms with Crippen molar-refractivity contribution in [1.29, 1.82) is 0 Å². The van der Waals surface area contributed by atoms with E-state index in [4.69, 9.17) is 16.1 Å². The van der Waals surface area contributed by atoms with Crippen molar-refractivity contribution in [2.24, 2.45) is 0 Å². The van der Waals surface area contributed by atoms with E-state index < -0.39 is 6.04 Å². The lowest BCUT2D eigenvalue weighted by atomic mass is 10.2. The summed E-state index contributed by atoms with van der Waals surface area (Å²) in [6, 6.07) is 8.24. The summed E-state index contributed by atoms with van der Waals surface area (Å²) in [5.41, 5.74) is 1.15. The monoisotopic (exact) mass is 317 g/mol. The zero-order valence-electron chi connectivity index (χ0n) is 11.6. The van der Waals surface area contributed by atoms with Gasteiger partial charge in [-0.1, -0.05) is 16.8 Å². The highest BCUT2D eigenvalue weighted by Gasteiger charge is 2.18. The molecule has 0 spiro atoms. The fourth-order valence-electron chi connectivity index (χ4n) is 1.85. The number of carbonyl (C=O) groups excluding carboxylic acids is 1. The number of amides is 1. The Morgan fingerprint density at radius 2 is 2.09 bits per heavy atom. The topological polar surface area (TPSA) is 96.7 Å². The molecule has 0 saturated carbocycles. The normalized spacial score (nSPS) is 12.1. The quantitative estimate of drug-likeness (QED) is 0.771. The number of hydrogen-bond donors (Lipinski definition) is 2. The first kappa shape index (κ1) is 14.3. The molecule has 8 heteroatoms. The fourth-order valence-corrected chi connectivity index (χ4v) is 1.97. The van der Waals surface area contributed by atoms with Gasteiger partial charge in [-0.25, -0.2) is 0 Å². The lowest BCUT2D eigenvalue weighted by Gasteiger charge is -2.07. The van der Waals surface area contributed by atoms with Gasteiger partial charge in [0.2, 0.25) is 11.7 Å². The summed E-state index contributed by atoms with van der Waals surface area (Å²) in [7, 11) is 0. The van der Waals surface area contributed by atoms with Gasteiger partial charge >= 0.3 is 0 Å². The Morgan fingerprint density at radius 1 is 1.32 bits per heavy atom. The molecule has 0 radical (unpaired) electrons. The van der Waals surface area contributed by atoms with Gasteiger partial charge in [0, 0.05) is 16.8 Å². The number of carbonyl (C=O) groups is 1. The third-order valence-electron chi connectivity index (χ3n) is 3.01. The van der Waals surface area contributed by atoms with Gasteiger partial charge in [0.25, 0.3) is 5.91 Å². The molecule has 7 nitrogen and oxygen atoms in total. The van der Waals surface area contributed by atoms with E-state index in [1.807, 2.05) is 0 Å². The number of hydrogen-bond acceptors (Lipinski definition) is 5. The Morgan fingerprint density at radius 3 is 2.77 bits per heavy atom. The van der Waals surface area contributed by atoms with E-state index in [1.165, 1.54) is 6.20 Å². The van der Waals surface area contributed by atoms with E-state index in [9.17, 15) is 4.79 Å². The standard InChI is InChI=1S/C14H12ClN5O2/c1-8(17-13(21)11-6-7-16-19-11)14-18-12(20-22-14)9-2-4-10(15)5-3-9/h2-8H,1H3,(H,16,19)(H,17,21)/t8-/m1/s1. The number of benzene rings is 1. The van der Waals surface area contributed by atoms with Crippen LogP contribution >= 0.6 is 11.6 Å². The molecular weight excluding hydrogens is 306 g/mol. The molecule has 2 aromatic heterocycles. The van der Waals surface area contributed by atoms with Crippen LogP contribution in [0, 0.1) is 0 Å². The molecule has 0 aliphatic carbocycles. The van der Waals surface area contributed by atoms with Crippen LogP contribution in [0.2, 0.25) is 5.02 Å². The summed E-state index contributed by atoms with van der Waals surface area (Å²) >= 11 is 5.84. The predicted octanol–water partition coefficient (Wildman–Crippen LogP) is 2.60.